The lowest BCUT2D eigenvalue weighted by molar-refractivity contribution is 0.284. The van der Waals surface area contributed by atoms with Gasteiger partial charge in [-0.1, -0.05) is 17.3 Å². The molecule has 4 rings (SSSR count). The molecule has 8 nitrogen and oxygen atoms in total. The summed E-state index contributed by atoms with van der Waals surface area (Å²) in [5.74, 6) is 1.65. The van der Waals surface area contributed by atoms with Gasteiger partial charge in [-0.15, -0.1) is 4.40 Å². The molecule has 2 aliphatic heterocycles. The van der Waals surface area contributed by atoms with Gasteiger partial charge >= 0.3 is 0 Å². The van der Waals surface area contributed by atoms with Crippen LogP contribution in [0.3, 0.4) is 0 Å². The Bertz CT molecular complexity index is 953. The average Bonchev–Trinajstić information content (AvgIpc) is 3.33. The Hall–Kier alpha value is -2.26. The van der Waals surface area contributed by atoms with Crippen LogP contribution in [0, 0.1) is 0 Å². The zero-order valence-corrected chi connectivity index (χ0v) is 15.5. The Morgan fingerprint density at radius 1 is 1.38 bits per heavy atom. The molecule has 0 radical (unpaired) electrons. The van der Waals surface area contributed by atoms with E-state index in [-0.39, 0.29) is 17.0 Å². The van der Waals surface area contributed by atoms with Gasteiger partial charge in [-0.25, -0.2) is 0 Å². The van der Waals surface area contributed by atoms with E-state index in [1.807, 2.05) is 24.9 Å². The van der Waals surface area contributed by atoms with Crippen LogP contribution in [0.25, 0.3) is 0 Å². The van der Waals surface area contributed by atoms with Crippen molar-refractivity contribution in [2.75, 3.05) is 13.6 Å². The fraction of sp³-hybridized carbons (Fsp3) is 0.471. The monoisotopic (exact) mass is 375 g/mol. The Labute approximate surface area is 152 Å². The number of benzene rings is 1. The normalized spacial score (nSPS) is 22.3. The second-order valence-corrected chi connectivity index (χ2v) is 8.25. The van der Waals surface area contributed by atoms with Crippen LogP contribution in [0.2, 0.25) is 0 Å². The number of hydrogen-bond donors (Lipinski definition) is 1. The van der Waals surface area contributed by atoms with Crippen LogP contribution in [0.5, 0.6) is 0 Å². The van der Waals surface area contributed by atoms with E-state index >= 15 is 0 Å². The molecule has 0 amide bonds. The number of sulfonamides is 1. The Kier molecular flexibility index (Phi) is 4.28. The van der Waals surface area contributed by atoms with Crippen molar-refractivity contribution < 1.29 is 12.9 Å². The van der Waals surface area contributed by atoms with Crippen molar-refractivity contribution in [3.05, 3.63) is 41.5 Å². The molecular weight excluding hydrogens is 354 g/mol. The summed E-state index contributed by atoms with van der Waals surface area (Å²) in [6.07, 6.45) is 2.41. The van der Waals surface area contributed by atoms with Gasteiger partial charge in [0, 0.05) is 24.6 Å². The van der Waals surface area contributed by atoms with Crippen molar-refractivity contribution in [2.45, 2.75) is 43.2 Å². The zero-order valence-electron chi connectivity index (χ0n) is 14.7. The van der Waals surface area contributed by atoms with Gasteiger partial charge in [0.1, 0.15) is 10.9 Å². The molecule has 1 aromatic carbocycles. The SMILES string of the molecule is CNC(C)Cc1noc(C2CCCN2C2=NS(=O)(=O)c3ccccc32)n1. The smallest absolute Gasteiger partial charge is 0.285 e. The van der Waals surface area contributed by atoms with Crippen LogP contribution < -0.4 is 5.32 Å². The minimum Gasteiger partial charge on any atom is -0.343 e. The highest BCUT2D eigenvalue weighted by Crippen LogP contribution is 2.36. The molecule has 2 aromatic rings. The number of aromatic nitrogens is 2. The predicted octanol–water partition coefficient (Wildman–Crippen LogP) is 1.51. The van der Waals surface area contributed by atoms with E-state index in [1.165, 1.54) is 0 Å². The van der Waals surface area contributed by atoms with Crippen molar-refractivity contribution in [1.82, 2.24) is 20.4 Å². The molecule has 3 heterocycles. The highest BCUT2D eigenvalue weighted by atomic mass is 32.2. The van der Waals surface area contributed by atoms with Gasteiger partial charge in [0.05, 0.1) is 0 Å². The van der Waals surface area contributed by atoms with Gasteiger partial charge in [0.15, 0.2) is 11.7 Å². The molecule has 0 saturated carbocycles. The van der Waals surface area contributed by atoms with Gasteiger partial charge in [0.25, 0.3) is 10.0 Å². The number of amidine groups is 1. The fourth-order valence-electron chi connectivity index (χ4n) is 3.43. The molecule has 1 fully saturated rings. The third-order valence-electron chi connectivity index (χ3n) is 4.89. The lowest BCUT2D eigenvalue weighted by Gasteiger charge is -2.23. The van der Waals surface area contributed by atoms with Gasteiger partial charge in [-0.05, 0) is 38.9 Å². The molecule has 138 valence electrons. The number of likely N-dealkylation sites (N-methyl/N-ethyl adjacent to an activating group) is 1. The minimum absolute atomic E-state index is 0.152. The number of hydrogen-bond acceptors (Lipinski definition) is 7. The molecule has 26 heavy (non-hydrogen) atoms. The molecule has 1 aromatic heterocycles. The number of rotatable bonds is 4. The van der Waals surface area contributed by atoms with Crippen LogP contribution in [-0.2, 0) is 16.4 Å². The summed E-state index contributed by atoms with van der Waals surface area (Å²) in [6, 6.07) is 7.02. The summed E-state index contributed by atoms with van der Waals surface area (Å²) >= 11 is 0. The summed E-state index contributed by atoms with van der Waals surface area (Å²) in [6.45, 7) is 2.75. The van der Waals surface area contributed by atoms with Crippen LogP contribution in [-0.4, -0.2) is 48.9 Å². The Balaban J connectivity index is 1.64. The van der Waals surface area contributed by atoms with Crippen LogP contribution in [0.4, 0.5) is 0 Å². The van der Waals surface area contributed by atoms with Gasteiger partial charge < -0.3 is 14.7 Å². The van der Waals surface area contributed by atoms with E-state index < -0.39 is 10.0 Å². The fourth-order valence-corrected chi connectivity index (χ4v) is 4.65. The van der Waals surface area contributed by atoms with E-state index in [0.29, 0.717) is 36.1 Å². The first-order valence-corrected chi connectivity index (χ1v) is 10.1. The number of fused-ring (bicyclic) bond motifs is 1. The van der Waals surface area contributed by atoms with E-state index in [2.05, 4.69) is 19.9 Å². The molecule has 0 aliphatic carbocycles. The van der Waals surface area contributed by atoms with E-state index in [1.54, 1.807) is 18.2 Å². The third-order valence-corrected chi connectivity index (χ3v) is 6.21. The molecule has 2 unspecified atom stereocenters. The first-order valence-electron chi connectivity index (χ1n) is 8.70. The summed E-state index contributed by atoms with van der Waals surface area (Å²) in [4.78, 5) is 6.76. The number of nitrogens with zero attached hydrogens (tertiary/aromatic N) is 4. The largest absolute Gasteiger partial charge is 0.343 e. The van der Waals surface area contributed by atoms with E-state index in [9.17, 15) is 8.42 Å². The maximum atomic E-state index is 12.3. The molecule has 0 bridgehead atoms. The summed E-state index contributed by atoms with van der Waals surface area (Å²) in [7, 11) is -1.75. The van der Waals surface area contributed by atoms with Crippen LogP contribution >= 0.6 is 0 Å². The topological polar surface area (TPSA) is 101 Å². The minimum atomic E-state index is -3.64. The maximum Gasteiger partial charge on any atom is 0.285 e. The summed E-state index contributed by atoms with van der Waals surface area (Å²) in [5.41, 5.74) is 0.642. The third kappa shape index (κ3) is 2.90. The summed E-state index contributed by atoms with van der Waals surface area (Å²) in [5, 5.41) is 7.22. The standard InChI is InChI=1S/C17H21N5O3S/c1-11(18-2)10-15-19-17(25-20-15)13-7-5-9-22(13)16-12-6-3-4-8-14(12)26(23,24)21-16/h3-4,6,8,11,13,18H,5,7,9-10H2,1-2H3. The van der Waals surface area contributed by atoms with Crippen molar-refractivity contribution in [3.8, 4) is 0 Å². The quantitative estimate of drug-likeness (QED) is 0.864. The molecule has 2 aliphatic rings. The second-order valence-electron chi connectivity index (χ2n) is 6.68. The molecular formula is C17H21N5O3S. The molecule has 0 spiro atoms. The first-order chi connectivity index (χ1) is 12.5. The lowest BCUT2D eigenvalue weighted by Crippen LogP contribution is -2.30. The van der Waals surface area contributed by atoms with Crippen molar-refractivity contribution in [1.29, 1.82) is 0 Å². The first kappa shape index (κ1) is 17.2. The predicted molar refractivity (Wildman–Crippen MR) is 95.4 cm³/mol. The Morgan fingerprint density at radius 2 is 2.19 bits per heavy atom. The van der Waals surface area contributed by atoms with Crippen LogP contribution in [0.15, 0.2) is 38.1 Å². The number of nitrogens with one attached hydrogen (secondary N) is 1. The number of likely N-dealkylation sites (tertiary alicyclic amines) is 1. The molecule has 1 N–H and O–H groups in total. The van der Waals surface area contributed by atoms with Crippen LogP contribution in [0.1, 0.15) is 43.1 Å². The van der Waals surface area contributed by atoms with E-state index in [0.717, 1.165) is 12.8 Å². The lowest BCUT2D eigenvalue weighted by atomic mass is 10.1. The van der Waals surface area contributed by atoms with Gasteiger partial charge in [0.2, 0.25) is 5.89 Å². The molecule has 2 atom stereocenters. The highest BCUT2D eigenvalue weighted by Gasteiger charge is 2.39. The highest BCUT2D eigenvalue weighted by molar-refractivity contribution is 7.90. The van der Waals surface area contributed by atoms with Crippen molar-refractivity contribution >= 4 is 15.9 Å². The van der Waals surface area contributed by atoms with Gasteiger partial charge in [-0.3, -0.25) is 0 Å². The average molecular weight is 375 g/mol. The van der Waals surface area contributed by atoms with Crippen molar-refractivity contribution in [3.63, 3.8) is 0 Å². The van der Waals surface area contributed by atoms with Crippen molar-refractivity contribution in [2.24, 2.45) is 4.40 Å². The molecule has 1 saturated heterocycles. The van der Waals surface area contributed by atoms with E-state index in [4.69, 9.17) is 4.52 Å². The van der Waals surface area contributed by atoms with Gasteiger partial charge in [-0.2, -0.15) is 13.4 Å². The summed E-state index contributed by atoms with van der Waals surface area (Å²) < 4.78 is 34.2. The second kappa shape index (κ2) is 6.48. The molecule has 9 heteroatoms. The zero-order chi connectivity index (χ0) is 18.3. The maximum absolute atomic E-state index is 12.3. The Morgan fingerprint density at radius 3 is 3.00 bits per heavy atom.